The number of anilines is 3. The van der Waals surface area contributed by atoms with Gasteiger partial charge >= 0.3 is 0 Å². The summed E-state index contributed by atoms with van der Waals surface area (Å²) in [5.41, 5.74) is 5.92. The van der Waals surface area contributed by atoms with E-state index in [0.717, 1.165) is 6.07 Å². The van der Waals surface area contributed by atoms with E-state index in [-0.39, 0.29) is 27.6 Å². The minimum atomic E-state index is -4.34. The molecule has 0 bridgehead atoms. The Bertz CT molecular complexity index is 804. The molecule has 0 unspecified atom stereocenters. The largest absolute Gasteiger partial charge is 0.399 e. The number of nitrogen functional groups attached to an aromatic ring is 1. The second kappa shape index (κ2) is 5.38. The van der Waals surface area contributed by atoms with Gasteiger partial charge in [-0.2, -0.15) is 8.42 Å². The lowest BCUT2D eigenvalue weighted by atomic mass is 10.2. The van der Waals surface area contributed by atoms with Crippen molar-refractivity contribution < 1.29 is 17.9 Å². The molecule has 21 heavy (non-hydrogen) atoms. The van der Waals surface area contributed by atoms with Crippen molar-refractivity contribution in [3.05, 3.63) is 52.6 Å². The molecule has 2 rings (SSSR count). The van der Waals surface area contributed by atoms with Crippen molar-refractivity contribution in [2.75, 3.05) is 11.1 Å². The zero-order valence-corrected chi connectivity index (χ0v) is 11.4. The maximum absolute atomic E-state index is 11.1. The van der Waals surface area contributed by atoms with Gasteiger partial charge in [0, 0.05) is 17.4 Å². The van der Waals surface area contributed by atoms with Crippen LogP contribution in [0.4, 0.5) is 22.7 Å². The van der Waals surface area contributed by atoms with E-state index < -0.39 is 15.0 Å². The van der Waals surface area contributed by atoms with Gasteiger partial charge in [0.05, 0.1) is 9.82 Å². The van der Waals surface area contributed by atoms with Crippen LogP contribution in [-0.4, -0.2) is 17.9 Å². The number of nitro groups is 1. The van der Waals surface area contributed by atoms with E-state index in [1.54, 1.807) is 0 Å². The summed E-state index contributed by atoms with van der Waals surface area (Å²) in [4.78, 5) is 10.0. The van der Waals surface area contributed by atoms with Gasteiger partial charge in [0.25, 0.3) is 15.8 Å². The Morgan fingerprint density at radius 2 is 1.90 bits per heavy atom. The SMILES string of the molecule is Nc1ccc(Nc2cccc(S(=O)(=O)O)c2)c([N+](=O)[O-])c1. The quantitative estimate of drug-likeness (QED) is 0.341. The van der Waals surface area contributed by atoms with Crippen LogP contribution < -0.4 is 11.1 Å². The standard InChI is InChI=1S/C12H11N3O5S/c13-8-4-5-11(12(6-8)15(16)17)14-9-2-1-3-10(7-9)21(18,19)20/h1-7,14H,13H2,(H,18,19,20). The van der Waals surface area contributed by atoms with Gasteiger partial charge in [0.2, 0.25) is 0 Å². The topological polar surface area (TPSA) is 136 Å². The minimum absolute atomic E-state index is 0.154. The summed E-state index contributed by atoms with van der Waals surface area (Å²) >= 11 is 0. The summed E-state index contributed by atoms with van der Waals surface area (Å²) in [5, 5.41) is 13.7. The fourth-order valence-electron chi connectivity index (χ4n) is 1.70. The zero-order valence-electron chi connectivity index (χ0n) is 10.6. The highest BCUT2D eigenvalue weighted by Gasteiger charge is 2.15. The minimum Gasteiger partial charge on any atom is -0.399 e. The van der Waals surface area contributed by atoms with E-state index in [1.165, 1.54) is 36.4 Å². The van der Waals surface area contributed by atoms with E-state index in [2.05, 4.69) is 5.32 Å². The third kappa shape index (κ3) is 3.46. The maximum atomic E-state index is 11.1. The molecule has 4 N–H and O–H groups in total. The Hall–Kier alpha value is -2.65. The van der Waals surface area contributed by atoms with Crippen LogP contribution >= 0.6 is 0 Å². The van der Waals surface area contributed by atoms with E-state index >= 15 is 0 Å². The van der Waals surface area contributed by atoms with Gasteiger partial charge in [-0.1, -0.05) is 6.07 Å². The van der Waals surface area contributed by atoms with Crippen LogP contribution in [0, 0.1) is 10.1 Å². The molecule has 0 spiro atoms. The molecule has 9 heteroatoms. The molecule has 0 heterocycles. The fourth-order valence-corrected chi connectivity index (χ4v) is 2.22. The molecule has 0 atom stereocenters. The Labute approximate surface area is 120 Å². The summed E-state index contributed by atoms with van der Waals surface area (Å²) in [7, 11) is -4.34. The maximum Gasteiger partial charge on any atom is 0.294 e. The third-order valence-electron chi connectivity index (χ3n) is 2.63. The Balaban J connectivity index is 2.41. The monoisotopic (exact) mass is 309 g/mol. The van der Waals surface area contributed by atoms with Crippen molar-refractivity contribution in [1.29, 1.82) is 0 Å². The molecule has 0 saturated carbocycles. The second-order valence-corrected chi connectivity index (χ2v) is 5.58. The molecule has 110 valence electrons. The van der Waals surface area contributed by atoms with Gasteiger partial charge in [-0.15, -0.1) is 0 Å². The van der Waals surface area contributed by atoms with Crippen LogP contribution in [0.15, 0.2) is 47.4 Å². The van der Waals surface area contributed by atoms with Crippen molar-refractivity contribution in [2.45, 2.75) is 4.90 Å². The van der Waals surface area contributed by atoms with Crippen molar-refractivity contribution in [1.82, 2.24) is 0 Å². The summed E-state index contributed by atoms with van der Waals surface area (Å²) in [6.45, 7) is 0. The number of hydrogen-bond donors (Lipinski definition) is 3. The van der Waals surface area contributed by atoms with Crippen LogP contribution in [0.3, 0.4) is 0 Å². The second-order valence-electron chi connectivity index (χ2n) is 4.16. The first kappa shape index (κ1) is 14.8. The molecule has 0 amide bonds. The van der Waals surface area contributed by atoms with Gasteiger partial charge in [0.15, 0.2) is 0 Å². The zero-order chi connectivity index (χ0) is 15.6. The fraction of sp³-hybridized carbons (Fsp3) is 0. The average molecular weight is 309 g/mol. The van der Waals surface area contributed by atoms with Crippen LogP contribution in [0.25, 0.3) is 0 Å². The highest BCUT2D eigenvalue weighted by Crippen LogP contribution is 2.30. The first-order valence-electron chi connectivity index (χ1n) is 5.66. The Morgan fingerprint density at radius 3 is 2.52 bits per heavy atom. The number of nitrogens with two attached hydrogens (primary N) is 1. The smallest absolute Gasteiger partial charge is 0.294 e. The number of nitrogens with zero attached hydrogens (tertiary/aromatic N) is 1. The van der Waals surface area contributed by atoms with Crippen LogP contribution in [-0.2, 0) is 10.1 Å². The predicted octanol–water partition coefficient (Wildman–Crippen LogP) is 2.17. The van der Waals surface area contributed by atoms with E-state index in [9.17, 15) is 18.5 Å². The Morgan fingerprint density at radius 1 is 1.19 bits per heavy atom. The molecular weight excluding hydrogens is 298 g/mol. The van der Waals surface area contributed by atoms with E-state index in [4.69, 9.17) is 10.3 Å². The number of nitrogens with one attached hydrogen (secondary N) is 1. The average Bonchev–Trinajstić information content (AvgIpc) is 2.40. The summed E-state index contributed by atoms with van der Waals surface area (Å²) < 4.78 is 31.1. The summed E-state index contributed by atoms with van der Waals surface area (Å²) in [6.07, 6.45) is 0. The van der Waals surface area contributed by atoms with Crippen LogP contribution in [0.5, 0.6) is 0 Å². The lowest BCUT2D eigenvalue weighted by molar-refractivity contribution is -0.383. The number of benzene rings is 2. The van der Waals surface area contributed by atoms with E-state index in [1.807, 2.05) is 0 Å². The lowest BCUT2D eigenvalue weighted by Gasteiger charge is -2.08. The Kier molecular flexibility index (Phi) is 3.78. The van der Waals surface area contributed by atoms with Gasteiger partial charge in [-0.25, -0.2) is 0 Å². The first-order valence-corrected chi connectivity index (χ1v) is 7.10. The molecular formula is C12H11N3O5S. The summed E-state index contributed by atoms with van der Waals surface area (Å²) in [6, 6.07) is 9.35. The highest BCUT2D eigenvalue weighted by molar-refractivity contribution is 7.85. The molecule has 0 aliphatic heterocycles. The van der Waals surface area contributed by atoms with Crippen LogP contribution in [0.1, 0.15) is 0 Å². The molecule has 2 aromatic carbocycles. The van der Waals surface area contributed by atoms with Crippen molar-refractivity contribution in [3.63, 3.8) is 0 Å². The molecule has 0 radical (unpaired) electrons. The number of hydrogen-bond acceptors (Lipinski definition) is 6. The van der Waals surface area contributed by atoms with Crippen molar-refractivity contribution >= 4 is 32.9 Å². The van der Waals surface area contributed by atoms with Gasteiger partial charge < -0.3 is 11.1 Å². The molecule has 2 aromatic rings. The number of rotatable bonds is 4. The lowest BCUT2D eigenvalue weighted by Crippen LogP contribution is -2.01. The molecule has 0 saturated heterocycles. The highest BCUT2D eigenvalue weighted by atomic mass is 32.2. The third-order valence-corrected chi connectivity index (χ3v) is 3.48. The van der Waals surface area contributed by atoms with E-state index in [0.29, 0.717) is 0 Å². The van der Waals surface area contributed by atoms with Crippen LogP contribution in [0.2, 0.25) is 0 Å². The van der Waals surface area contributed by atoms with Gasteiger partial charge in [-0.3, -0.25) is 14.7 Å². The van der Waals surface area contributed by atoms with Crippen molar-refractivity contribution in [2.24, 2.45) is 0 Å². The van der Waals surface area contributed by atoms with Crippen molar-refractivity contribution in [3.8, 4) is 0 Å². The number of nitro benzene ring substituents is 1. The van der Waals surface area contributed by atoms with Gasteiger partial charge in [-0.05, 0) is 30.3 Å². The summed E-state index contributed by atoms with van der Waals surface area (Å²) in [5.74, 6) is 0. The van der Waals surface area contributed by atoms with Gasteiger partial charge in [0.1, 0.15) is 5.69 Å². The molecule has 8 nitrogen and oxygen atoms in total. The molecule has 0 aromatic heterocycles. The molecule has 0 aliphatic carbocycles. The first-order chi connectivity index (χ1) is 9.77. The predicted molar refractivity (Wildman–Crippen MR) is 77.0 cm³/mol. The molecule has 0 aliphatic rings. The normalized spacial score (nSPS) is 11.1. The molecule has 0 fully saturated rings.